The van der Waals surface area contributed by atoms with E-state index in [-0.39, 0.29) is 24.5 Å². The van der Waals surface area contributed by atoms with E-state index in [1.807, 2.05) is 36.4 Å². The van der Waals surface area contributed by atoms with Crippen molar-refractivity contribution in [3.05, 3.63) is 40.9 Å². The third-order valence-electron chi connectivity index (χ3n) is 3.23. The van der Waals surface area contributed by atoms with Gasteiger partial charge in [0, 0.05) is 23.0 Å². The summed E-state index contributed by atoms with van der Waals surface area (Å²) in [4.78, 5) is 12.0. The third-order valence-corrected chi connectivity index (χ3v) is 3.76. The topological polar surface area (TPSA) is 58.6 Å². The maximum atomic E-state index is 12.0. The number of aliphatic hydroxyl groups excluding tert-OH is 1. The molecule has 1 aromatic rings. The molecule has 1 aliphatic carbocycles. The molecule has 0 spiro atoms. The molecular weight excluding hydrogens is 322 g/mol. The molecule has 1 aliphatic rings. The van der Waals surface area contributed by atoms with Crippen molar-refractivity contribution in [1.29, 1.82) is 0 Å². The highest BCUT2D eigenvalue weighted by atomic mass is 79.9. The molecule has 3 atom stereocenters. The predicted molar refractivity (Wildman–Crippen MR) is 80.5 cm³/mol. The number of hydrogen-bond acceptors (Lipinski definition) is 3. The van der Waals surface area contributed by atoms with E-state index in [4.69, 9.17) is 9.84 Å². The Labute approximate surface area is 127 Å². The van der Waals surface area contributed by atoms with E-state index in [9.17, 15) is 4.79 Å². The summed E-state index contributed by atoms with van der Waals surface area (Å²) < 4.78 is 6.55. The zero-order chi connectivity index (χ0) is 14.5. The predicted octanol–water partition coefficient (Wildman–Crippen LogP) is 2.27. The van der Waals surface area contributed by atoms with Crippen molar-refractivity contribution in [3.63, 3.8) is 0 Å². The van der Waals surface area contributed by atoms with Crippen LogP contribution in [0.3, 0.4) is 0 Å². The number of aliphatic hydroxyl groups is 1. The summed E-state index contributed by atoms with van der Waals surface area (Å²) in [5.41, 5.74) is 0. The van der Waals surface area contributed by atoms with Gasteiger partial charge >= 0.3 is 0 Å². The zero-order valence-corrected chi connectivity index (χ0v) is 12.8. The molecule has 0 saturated heterocycles. The number of benzene rings is 1. The van der Waals surface area contributed by atoms with Gasteiger partial charge in [-0.3, -0.25) is 4.79 Å². The fourth-order valence-corrected chi connectivity index (χ4v) is 2.35. The van der Waals surface area contributed by atoms with Crippen LogP contribution in [0.4, 0.5) is 0 Å². The second-order valence-corrected chi connectivity index (χ2v) is 5.81. The smallest absolute Gasteiger partial charge is 0.261 e. The summed E-state index contributed by atoms with van der Waals surface area (Å²) >= 11 is 3.35. The first kappa shape index (κ1) is 15.1. The van der Waals surface area contributed by atoms with Crippen LogP contribution in [0.1, 0.15) is 13.3 Å². The van der Waals surface area contributed by atoms with E-state index in [2.05, 4.69) is 21.2 Å². The summed E-state index contributed by atoms with van der Waals surface area (Å²) in [5, 5.41) is 12.0. The quantitative estimate of drug-likeness (QED) is 0.809. The number of halogens is 1. The molecule has 0 aromatic heterocycles. The summed E-state index contributed by atoms with van der Waals surface area (Å²) in [6.45, 7) is 1.84. The highest BCUT2D eigenvalue weighted by Crippen LogP contribution is 2.19. The molecule has 0 bridgehead atoms. The molecular formula is C15H18BrNO3. The van der Waals surface area contributed by atoms with Gasteiger partial charge in [-0.25, -0.2) is 0 Å². The number of rotatable bonds is 5. The Morgan fingerprint density at radius 3 is 2.75 bits per heavy atom. The van der Waals surface area contributed by atoms with Crippen LogP contribution in [0.2, 0.25) is 0 Å². The first-order valence-electron chi connectivity index (χ1n) is 6.60. The van der Waals surface area contributed by atoms with Gasteiger partial charge < -0.3 is 15.2 Å². The first-order chi connectivity index (χ1) is 9.58. The van der Waals surface area contributed by atoms with E-state index >= 15 is 0 Å². The molecule has 0 heterocycles. The van der Waals surface area contributed by atoms with Crippen LogP contribution in [0, 0.1) is 5.92 Å². The van der Waals surface area contributed by atoms with E-state index in [1.165, 1.54) is 0 Å². The number of ether oxygens (including phenoxy) is 1. The van der Waals surface area contributed by atoms with Gasteiger partial charge in [0.1, 0.15) is 5.75 Å². The fourth-order valence-electron chi connectivity index (χ4n) is 2.09. The lowest BCUT2D eigenvalue weighted by atomic mass is 10.1. The number of hydrogen-bond donors (Lipinski definition) is 2. The summed E-state index contributed by atoms with van der Waals surface area (Å²) in [6, 6.07) is 7.34. The lowest BCUT2D eigenvalue weighted by molar-refractivity contribution is -0.127. The molecule has 0 saturated carbocycles. The lowest BCUT2D eigenvalue weighted by Gasteiger charge is -2.18. The zero-order valence-electron chi connectivity index (χ0n) is 11.3. The number of nitrogens with one attached hydrogen (secondary N) is 1. The van der Waals surface area contributed by atoms with Gasteiger partial charge in [-0.2, -0.15) is 0 Å². The molecule has 2 rings (SSSR count). The van der Waals surface area contributed by atoms with Crippen LogP contribution < -0.4 is 10.1 Å². The van der Waals surface area contributed by atoms with Crippen molar-refractivity contribution in [1.82, 2.24) is 5.32 Å². The van der Waals surface area contributed by atoms with Gasteiger partial charge in [0.05, 0.1) is 0 Å². The molecule has 2 N–H and O–H groups in total. The Kier molecular flexibility index (Phi) is 5.20. The van der Waals surface area contributed by atoms with Gasteiger partial charge in [-0.1, -0.05) is 28.1 Å². The van der Waals surface area contributed by atoms with Crippen LogP contribution in [0.5, 0.6) is 5.75 Å². The van der Waals surface area contributed by atoms with Crippen molar-refractivity contribution >= 4 is 21.8 Å². The average Bonchev–Trinajstić information content (AvgIpc) is 2.89. The number of amides is 1. The normalized spacial score (nSPS) is 22.6. The molecule has 5 heteroatoms. The van der Waals surface area contributed by atoms with Crippen molar-refractivity contribution in [2.75, 3.05) is 6.61 Å². The average molecular weight is 340 g/mol. The first-order valence-corrected chi connectivity index (χ1v) is 7.39. The summed E-state index contributed by atoms with van der Waals surface area (Å²) in [7, 11) is 0. The fraction of sp³-hybridized carbons (Fsp3) is 0.400. The maximum absolute atomic E-state index is 12.0. The molecule has 1 amide bonds. The van der Waals surface area contributed by atoms with E-state index in [1.54, 1.807) is 6.92 Å². The van der Waals surface area contributed by atoms with Crippen molar-refractivity contribution in [2.45, 2.75) is 25.5 Å². The molecule has 0 aliphatic heterocycles. The second-order valence-electron chi connectivity index (χ2n) is 4.89. The van der Waals surface area contributed by atoms with Crippen LogP contribution in [-0.4, -0.2) is 29.8 Å². The Hall–Kier alpha value is -1.33. The molecule has 108 valence electrons. The largest absolute Gasteiger partial charge is 0.481 e. The molecule has 0 fully saturated rings. The van der Waals surface area contributed by atoms with Crippen LogP contribution in [0.25, 0.3) is 0 Å². The van der Waals surface area contributed by atoms with E-state index in [0.29, 0.717) is 5.75 Å². The second kappa shape index (κ2) is 6.90. The van der Waals surface area contributed by atoms with Gasteiger partial charge in [0.15, 0.2) is 6.10 Å². The van der Waals surface area contributed by atoms with Crippen molar-refractivity contribution in [3.8, 4) is 5.75 Å². The Balaban J connectivity index is 1.83. The van der Waals surface area contributed by atoms with Crippen molar-refractivity contribution in [2.24, 2.45) is 5.92 Å². The molecule has 1 unspecified atom stereocenters. The standard InChI is InChI=1S/C15H18BrNO3/c1-10(20-14-6-3-12(16)4-7-14)15(19)17-13-5-2-11(8-13)9-18/h2-7,10-11,13,18H,8-9H2,1H3,(H,17,19)/t10?,11-,13+/m0/s1. The molecule has 20 heavy (non-hydrogen) atoms. The number of carbonyl (C=O) groups excluding carboxylic acids is 1. The minimum absolute atomic E-state index is 0.0179. The van der Waals surface area contributed by atoms with E-state index in [0.717, 1.165) is 10.9 Å². The summed E-state index contributed by atoms with van der Waals surface area (Å²) in [5.74, 6) is 0.648. The van der Waals surface area contributed by atoms with Crippen LogP contribution in [0.15, 0.2) is 40.9 Å². The Bertz CT molecular complexity index is 486. The van der Waals surface area contributed by atoms with Gasteiger partial charge in [-0.05, 0) is 37.6 Å². The maximum Gasteiger partial charge on any atom is 0.261 e. The minimum atomic E-state index is -0.558. The van der Waals surface area contributed by atoms with Crippen molar-refractivity contribution < 1.29 is 14.6 Å². The SMILES string of the molecule is CC(Oc1ccc(Br)cc1)C(=O)N[C@@H]1C=C[C@H](CO)C1. The van der Waals surface area contributed by atoms with Gasteiger partial charge in [0.25, 0.3) is 5.91 Å². The monoisotopic (exact) mass is 339 g/mol. The van der Waals surface area contributed by atoms with Gasteiger partial charge in [-0.15, -0.1) is 0 Å². The van der Waals surface area contributed by atoms with Crippen LogP contribution in [-0.2, 0) is 4.79 Å². The Morgan fingerprint density at radius 1 is 1.45 bits per heavy atom. The highest BCUT2D eigenvalue weighted by Gasteiger charge is 2.22. The van der Waals surface area contributed by atoms with Crippen LogP contribution >= 0.6 is 15.9 Å². The molecule has 4 nitrogen and oxygen atoms in total. The lowest BCUT2D eigenvalue weighted by Crippen LogP contribution is -2.41. The summed E-state index contributed by atoms with van der Waals surface area (Å²) in [6.07, 6.45) is 4.04. The minimum Gasteiger partial charge on any atom is -0.481 e. The van der Waals surface area contributed by atoms with E-state index < -0.39 is 6.10 Å². The Morgan fingerprint density at radius 2 is 2.15 bits per heavy atom. The molecule has 0 radical (unpaired) electrons. The third kappa shape index (κ3) is 4.08. The number of carbonyl (C=O) groups is 1. The molecule has 1 aromatic carbocycles. The highest BCUT2D eigenvalue weighted by molar-refractivity contribution is 9.10. The van der Waals surface area contributed by atoms with Gasteiger partial charge in [0.2, 0.25) is 0 Å².